The number of benzene rings is 1. The van der Waals surface area contributed by atoms with Crippen molar-refractivity contribution in [3.63, 3.8) is 0 Å². The number of carbonyl (C=O) groups excluding carboxylic acids is 1. The van der Waals surface area contributed by atoms with E-state index in [1.54, 1.807) is 24.3 Å². The molecule has 0 unspecified atom stereocenters. The quantitative estimate of drug-likeness (QED) is 0.662. The second-order valence-electron chi connectivity index (χ2n) is 6.96. The van der Waals surface area contributed by atoms with E-state index in [0.29, 0.717) is 28.7 Å². The van der Waals surface area contributed by atoms with Crippen LogP contribution in [-0.4, -0.2) is 46.1 Å². The van der Waals surface area contributed by atoms with Gasteiger partial charge in [-0.2, -0.15) is 5.26 Å². The van der Waals surface area contributed by atoms with Gasteiger partial charge in [0.05, 0.1) is 12.9 Å². The van der Waals surface area contributed by atoms with Gasteiger partial charge in [0.2, 0.25) is 0 Å². The Balaban J connectivity index is 1.82. The molecular formula is C21H22N6O2. The van der Waals surface area contributed by atoms with Crippen molar-refractivity contribution in [1.82, 2.24) is 19.4 Å². The van der Waals surface area contributed by atoms with Crippen LogP contribution < -0.4 is 15.8 Å². The largest absolute Gasteiger partial charge is 0.354 e. The average molecular weight is 390 g/mol. The van der Waals surface area contributed by atoms with E-state index in [1.807, 2.05) is 17.6 Å². The zero-order chi connectivity index (χ0) is 20.4. The first-order valence-electron chi connectivity index (χ1n) is 9.71. The van der Waals surface area contributed by atoms with Crippen LogP contribution in [0.25, 0.3) is 11.0 Å². The van der Waals surface area contributed by atoms with Gasteiger partial charge in [0.25, 0.3) is 5.56 Å². The van der Waals surface area contributed by atoms with E-state index >= 15 is 0 Å². The van der Waals surface area contributed by atoms with E-state index in [1.165, 1.54) is 10.9 Å². The number of carbonyl (C=O) groups is 1. The predicted octanol–water partition coefficient (Wildman–Crippen LogP) is 1.38. The summed E-state index contributed by atoms with van der Waals surface area (Å²) in [6.45, 7) is 5.53. The second kappa shape index (κ2) is 7.89. The molecule has 1 aromatic carbocycles. The van der Waals surface area contributed by atoms with Gasteiger partial charge in [0, 0.05) is 38.3 Å². The van der Waals surface area contributed by atoms with Crippen molar-refractivity contribution < 1.29 is 4.79 Å². The molecule has 3 heterocycles. The highest BCUT2D eigenvalue weighted by atomic mass is 16.1. The van der Waals surface area contributed by atoms with Crippen LogP contribution in [0.1, 0.15) is 22.8 Å². The maximum atomic E-state index is 13.2. The van der Waals surface area contributed by atoms with Crippen molar-refractivity contribution in [2.75, 3.05) is 31.1 Å². The highest BCUT2D eigenvalue weighted by Gasteiger charge is 2.26. The Morgan fingerprint density at radius 3 is 2.62 bits per heavy atom. The molecule has 4 rings (SSSR count). The molecule has 0 atom stereocenters. The van der Waals surface area contributed by atoms with Crippen molar-refractivity contribution in [2.24, 2.45) is 0 Å². The van der Waals surface area contributed by atoms with Crippen LogP contribution in [-0.2, 0) is 13.1 Å². The number of anilines is 1. The highest BCUT2D eigenvalue weighted by Crippen LogP contribution is 2.29. The van der Waals surface area contributed by atoms with E-state index in [4.69, 9.17) is 0 Å². The monoisotopic (exact) mass is 390 g/mol. The number of aryl methyl sites for hydroxylation is 1. The number of hydrogen-bond donors (Lipinski definition) is 1. The summed E-state index contributed by atoms with van der Waals surface area (Å²) in [5.41, 5.74) is 1.43. The van der Waals surface area contributed by atoms with Crippen LogP contribution in [0.15, 0.2) is 41.5 Å². The van der Waals surface area contributed by atoms with E-state index in [0.717, 1.165) is 32.0 Å². The average Bonchev–Trinajstić information content (AvgIpc) is 3.11. The molecule has 0 aliphatic carbocycles. The molecule has 0 bridgehead atoms. The summed E-state index contributed by atoms with van der Waals surface area (Å²) < 4.78 is 3.19. The summed E-state index contributed by atoms with van der Waals surface area (Å²) in [6, 6.07) is 11.1. The van der Waals surface area contributed by atoms with Crippen molar-refractivity contribution in [2.45, 2.75) is 20.0 Å². The summed E-state index contributed by atoms with van der Waals surface area (Å²) >= 11 is 0. The van der Waals surface area contributed by atoms with Gasteiger partial charge in [-0.25, -0.2) is 4.98 Å². The molecule has 2 aromatic heterocycles. The van der Waals surface area contributed by atoms with E-state index in [9.17, 15) is 14.9 Å². The topological polar surface area (TPSA) is 95.9 Å². The lowest BCUT2D eigenvalue weighted by Crippen LogP contribution is -2.44. The van der Waals surface area contributed by atoms with Crippen LogP contribution in [0, 0.1) is 11.3 Å². The molecule has 1 aliphatic heterocycles. The molecule has 0 spiro atoms. The van der Waals surface area contributed by atoms with Gasteiger partial charge in [-0.05, 0) is 6.92 Å². The Bertz CT molecular complexity index is 1150. The van der Waals surface area contributed by atoms with Crippen LogP contribution >= 0.6 is 0 Å². The lowest BCUT2D eigenvalue weighted by Gasteiger charge is -2.30. The van der Waals surface area contributed by atoms with Gasteiger partial charge in [-0.15, -0.1) is 0 Å². The molecule has 148 valence electrons. The molecule has 1 fully saturated rings. The molecule has 1 aliphatic rings. The minimum Gasteiger partial charge on any atom is -0.354 e. The predicted molar refractivity (Wildman–Crippen MR) is 110 cm³/mol. The number of hydrogen-bond acceptors (Lipinski definition) is 6. The molecule has 8 nitrogen and oxygen atoms in total. The number of nitrogens with zero attached hydrogens (tertiary/aromatic N) is 5. The van der Waals surface area contributed by atoms with Gasteiger partial charge in [0.1, 0.15) is 28.5 Å². The van der Waals surface area contributed by atoms with Crippen LogP contribution in [0.4, 0.5) is 5.82 Å². The molecule has 3 aromatic rings. The smallest absolute Gasteiger partial charge is 0.278 e. The van der Waals surface area contributed by atoms with Crippen LogP contribution in [0.5, 0.6) is 0 Å². The summed E-state index contributed by atoms with van der Waals surface area (Å²) in [5, 5.41) is 13.1. The van der Waals surface area contributed by atoms with E-state index in [-0.39, 0.29) is 17.9 Å². The minimum absolute atomic E-state index is 0.0917. The van der Waals surface area contributed by atoms with Crippen molar-refractivity contribution in [3.8, 4) is 6.07 Å². The Hall–Kier alpha value is -3.44. The molecule has 8 heteroatoms. The molecule has 1 N–H and O–H groups in total. The minimum atomic E-state index is -0.306. The fraction of sp³-hybridized carbons (Fsp3) is 0.333. The molecule has 1 saturated heterocycles. The van der Waals surface area contributed by atoms with E-state index in [2.05, 4.69) is 21.3 Å². The third-order valence-electron chi connectivity index (χ3n) is 5.25. The fourth-order valence-corrected chi connectivity index (χ4v) is 3.85. The number of aromatic nitrogens is 3. The normalized spacial score (nSPS) is 14.1. The number of piperazine rings is 1. The van der Waals surface area contributed by atoms with Crippen molar-refractivity contribution >= 4 is 22.6 Å². The molecule has 0 radical (unpaired) electrons. The highest BCUT2D eigenvalue weighted by molar-refractivity contribution is 5.96. The number of ketones is 1. The van der Waals surface area contributed by atoms with E-state index < -0.39 is 0 Å². The Labute approximate surface area is 168 Å². The molecule has 0 saturated carbocycles. The zero-order valence-electron chi connectivity index (χ0n) is 16.3. The molecule has 0 amide bonds. The maximum absolute atomic E-state index is 13.2. The van der Waals surface area contributed by atoms with Gasteiger partial charge < -0.3 is 14.8 Å². The van der Waals surface area contributed by atoms with Crippen LogP contribution in [0.3, 0.4) is 0 Å². The summed E-state index contributed by atoms with van der Waals surface area (Å²) in [7, 11) is 0. The second-order valence-corrected chi connectivity index (χ2v) is 6.96. The lowest BCUT2D eigenvalue weighted by molar-refractivity contribution is 0.0970. The Morgan fingerprint density at radius 1 is 1.24 bits per heavy atom. The molecule has 29 heavy (non-hydrogen) atoms. The summed E-state index contributed by atoms with van der Waals surface area (Å²) in [6.07, 6.45) is 1.37. The summed E-state index contributed by atoms with van der Waals surface area (Å²) in [5.74, 6) is 0.578. The number of fused-ring (bicyclic) bond motifs is 1. The number of nitriles is 1. The SMILES string of the molecule is CCn1c(N2CCNCC2)c(C#N)c2ncn(CC(=O)c3ccccc3)c(=O)c21. The lowest BCUT2D eigenvalue weighted by atomic mass is 10.1. The first-order valence-corrected chi connectivity index (χ1v) is 9.71. The first kappa shape index (κ1) is 18.9. The Morgan fingerprint density at radius 2 is 1.97 bits per heavy atom. The van der Waals surface area contributed by atoms with Gasteiger partial charge in [-0.1, -0.05) is 30.3 Å². The number of rotatable bonds is 5. The van der Waals surface area contributed by atoms with Crippen LogP contribution in [0.2, 0.25) is 0 Å². The van der Waals surface area contributed by atoms with Crippen molar-refractivity contribution in [1.29, 1.82) is 5.26 Å². The Kier molecular flexibility index (Phi) is 5.14. The third kappa shape index (κ3) is 3.30. The van der Waals surface area contributed by atoms with Gasteiger partial charge in [0.15, 0.2) is 5.78 Å². The van der Waals surface area contributed by atoms with Crippen molar-refractivity contribution in [3.05, 3.63) is 58.1 Å². The third-order valence-corrected chi connectivity index (χ3v) is 5.25. The maximum Gasteiger partial charge on any atom is 0.278 e. The number of nitrogens with one attached hydrogen (secondary N) is 1. The summed E-state index contributed by atoms with van der Waals surface area (Å²) in [4.78, 5) is 32.4. The first-order chi connectivity index (χ1) is 14.2. The fourth-order valence-electron chi connectivity index (χ4n) is 3.85. The van der Waals surface area contributed by atoms with Gasteiger partial charge >= 0.3 is 0 Å². The standard InChI is InChI=1S/C21H22N6O2/c1-2-27-19-18(16(12-22)20(27)25-10-8-23-9-11-25)24-14-26(21(19)29)13-17(28)15-6-4-3-5-7-15/h3-7,14,23H,2,8-11,13H2,1H3. The van der Waals surface area contributed by atoms with Gasteiger partial charge in [-0.3, -0.25) is 14.2 Å². The number of Topliss-reactive ketones (excluding diaryl/α,β-unsaturated/α-hetero) is 1. The zero-order valence-corrected chi connectivity index (χ0v) is 16.3. The molecular weight excluding hydrogens is 368 g/mol.